The topological polar surface area (TPSA) is 82.1 Å². The lowest BCUT2D eigenvalue weighted by atomic mass is 10.0. The van der Waals surface area contributed by atoms with Crippen LogP contribution in [0.2, 0.25) is 5.02 Å². The van der Waals surface area contributed by atoms with Crippen LogP contribution in [0.1, 0.15) is 27.6 Å². The molecule has 1 aliphatic heterocycles. The van der Waals surface area contributed by atoms with E-state index in [1.165, 1.54) is 13.2 Å². The van der Waals surface area contributed by atoms with Crippen molar-refractivity contribution >= 4 is 29.8 Å². The first-order valence-corrected chi connectivity index (χ1v) is 8.08. The molecular formula is C19H15ClO6. The van der Waals surface area contributed by atoms with Crippen molar-refractivity contribution in [2.45, 2.75) is 12.2 Å². The number of methoxy groups -OCH3 is 1. The van der Waals surface area contributed by atoms with Gasteiger partial charge in [0.05, 0.1) is 12.7 Å². The molecule has 7 heteroatoms. The monoisotopic (exact) mass is 374 g/mol. The Balaban J connectivity index is 1.95. The predicted octanol–water partition coefficient (Wildman–Crippen LogP) is 3.74. The molecule has 1 N–H and O–H groups in total. The van der Waals surface area contributed by atoms with E-state index in [4.69, 9.17) is 25.8 Å². The Kier molecular flexibility index (Phi) is 5.25. The summed E-state index contributed by atoms with van der Waals surface area (Å²) in [5, 5.41) is 11.1. The minimum absolute atomic E-state index is 0.0915. The molecule has 6 nitrogen and oxygen atoms in total. The number of cyclic esters (lactones) is 2. The van der Waals surface area contributed by atoms with Gasteiger partial charge in [-0.1, -0.05) is 41.9 Å². The quantitative estimate of drug-likeness (QED) is 0.821. The average Bonchev–Trinajstić information content (AvgIpc) is 3.01. The number of halogens is 1. The molecular weight excluding hydrogens is 360 g/mol. The second-order valence-corrected chi connectivity index (χ2v) is 5.95. The Labute approximate surface area is 154 Å². The van der Waals surface area contributed by atoms with Gasteiger partial charge >= 0.3 is 12.1 Å². The molecule has 0 amide bonds. The number of ether oxygens (including phenoxy) is 3. The molecule has 2 aromatic carbocycles. The van der Waals surface area contributed by atoms with Gasteiger partial charge in [0.2, 0.25) is 0 Å². The van der Waals surface area contributed by atoms with Crippen molar-refractivity contribution in [1.29, 1.82) is 0 Å². The summed E-state index contributed by atoms with van der Waals surface area (Å²) in [5.74, 6) is -0.439. The molecule has 134 valence electrons. The first kappa shape index (κ1) is 18.0. The second-order valence-electron chi connectivity index (χ2n) is 5.51. The number of aliphatic hydroxyl groups is 1. The Morgan fingerprint density at radius 1 is 1.23 bits per heavy atom. The van der Waals surface area contributed by atoms with Gasteiger partial charge in [-0.15, -0.1) is 0 Å². The lowest BCUT2D eigenvalue weighted by Gasteiger charge is -2.16. The van der Waals surface area contributed by atoms with Crippen LogP contribution in [0.4, 0.5) is 4.79 Å². The summed E-state index contributed by atoms with van der Waals surface area (Å²) in [5.41, 5.74) is 1.27. The number of rotatable bonds is 4. The van der Waals surface area contributed by atoms with Crippen molar-refractivity contribution < 1.29 is 28.9 Å². The van der Waals surface area contributed by atoms with Crippen LogP contribution in [0, 0.1) is 0 Å². The van der Waals surface area contributed by atoms with E-state index in [2.05, 4.69) is 0 Å². The summed E-state index contributed by atoms with van der Waals surface area (Å²) in [7, 11) is 1.28. The van der Waals surface area contributed by atoms with Gasteiger partial charge in [0.25, 0.3) is 0 Å². The molecule has 2 atom stereocenters. The number of carbonyl (C=O) groups is 2. The minimum Gasteiger partial charge on any atom is -0.465 e. The van der Waals surface area contributed by atoms with Gasteiger partial charge < -0.3 is 19.3 Å². The Morgan fingerprint density at radius 2 is 1.92 bits per heavy atom. The van der Waals surface area contributed by atoms with Crippen molar-refractivity contribution in [2.24, 2.45) is 0 Å². The molecule has 1 aliphatic rings. The standard InChI is InChI=1S/C19H15ClO6/c1-24-18(22)14-5-3-2-4-12(14)10-15-17(26-19(23)25-15)16(21)11-6-8-13(20)9-7-11/h2-10,16-17,21H,1H3/b15-10-/t16-,17+/m1/s1. The van der Waals surface area contributed by atoms with Crippen LogP contribution >= 0.6 is 11.6 Å². The fourth-order valence-electron chi connectivity index (χ4n) is 2.58. The third-order valence-electron chi connectivity index (χ3n) is 3.87. The maximum atomic E-state index is 11.9. The van der Waals surface area contributed by atoms with Crippen LogP contribution in [-0.2, 0) is 14.2 Å². The van der Waals surface area contributed by atoms with Crippen LogP contribution in [0.3, 0.4) is 0 Å². The van der Waals surface area contributed by atoms with Crippen LogP contribution in [-0.4, -0.2) is 30.4 Å². The molecule has 0 radical (unpaired) electrons. The summed E-state index contributed by atoms with van der Waals surface area (Å²) in [6.07, 6.45) is -1.66. The highest BCUT2D eigenvalue weighted by Gasteiger charge is 2.38. The number of carbonyl (C=O) groups excluding carboxylic acids is 2. The maximum Gasteiger partial charge on any atom is 0.514 e. The SMILES string of the molecule is COC(=O)c1ccccc1/C=C1\OC(=O)O[C@@H]1[C@H](O)c1ccc(Cl)cc1. The molecule has 2 aromatic rings. The largest absolute Gasteiger partial charge is 0.514 e. The average molecular weight is 375 g/mol. The van der Waals surface area contributed by atoms with E-state index >= 15 is 0 Å². The van der Waals surface area contributed by atoms with Gasteiger partial charge in [-0.2, -0.15) is 0 Å². The number of esters is 1. The Hall–Kier alpha value is -2.83. The van der Waals surface area contributed by atoms with E-state index in [0.717, 1.165) is 0 Å². The summed E-state index contributed by atoms with van der Waals surface area (Å²) in [6, 6.07) is 13.1. The molecule has 0 unspecified atom stereocenters. The molecule has 0 aliphatic carbocycles. The first-order chi connectivity index (χ1) is 12.5. The van der Waals surface area contributed by atoms with E-state index in [1.807, 2.05) is 0 Å². The number of hydrogen-bond donors (Lipinski definition) is 1. The van der Waals surface area contributed by atoms with Gasteiger partial charge in [-0.05, 0) is 35.4 Å². The highest BCUT2D eigenvalue weighted by atomic mass is 35.5. The van der Waals surface area contributed by atoms with Gasteiger partial charge in [-0.3, -0.25) is 0 Å². The van der Waals surface area contributed by atoms with Crippen molar-refractivity contribution in [2.75, 3.05) is 7.11 Å². The van der Waals surface area contributed by atoms with Crippen LogP contribution in [0.25, 0.3) is 6.08 Å². The third kappa shape index (κ3) is 3.71. The normalized spacial score (nSPS) is 19.0. The fraction of sp³-hybridized carbons (Fsp3) is 0.158. The number of hydrogen-bond acceptors (Lipinski definition) is 6. The molecule has 0 saturated carbocycles. The Morgan fingerprint density at radius 3 is 2.62 bits per heavy atom. The first-order valence-electron chi connectivity index (χ1n) is 7.70. The second kappa shape index (κ2) is 7.59. The zero-order valence-corrected chi connectivity index (χ0v) is 14.5. The van der Waals surface area contributed by atoms with E-state index in [-0.39, 0.29) is 5.76 Å². The molecule has 1 fully saturated rings. The third-order valence-corrected chi connectivity index (χ3v) is 4.12. The molecule has 0 bridgehead atoms. The van der Waals surface area contributed by atoms with Crippen LogP contribution in [0.15, 0.2) is 54.3 Å². The Bertz CT molecular complexity index is 859. The minimum atomic E-state index is -1.16. The van der Waals surface area contributed by atoms with Gasteiger partial charge in [0.15, 0.2) is 11.9 Å². The number of aliphatic hydroxyl groups excluding tert-OH is 1. The van der Waals surface area contributed by atoms with Crippen molar-refractivity contribution in [3.05, 3.63) is 76.0 Å². The summed E-state index contributed by atoms with van der Waals surface area (Å²) in [4.78, 5) is 23.5. The maximum absolute atomic E-state index is 11.9. The lowest BCUT2D eigenvalue weighted by molar-refractivity contribution is 0.0403. The highest BCUT2D eigenvalue weighted by molar-refractivity contribution is 6.30. The fourth-order valence-corrected chi connectivity index (χ4v) is 2.70. The zero-order chi connectivity index (χ0) is 18.7. The smallest absolute Gasteiger partial charge is 0.465 e. The molecule has 1 heterocycles. The molecule has 1 saturated heterocycles. The van der Waals surface area contributed by atoms with Gasteiger partial charge in [0.1, 0.15) is 6.10 Å². The van der Waals surface area contributed by atoms with Gasteiger partial charge in [-0.25, -0.2) is 9.59 Å². The molecule has 3 rings (SSSR count). The van der Waals surface area contributed by atoms with E-state index in [0.29, 0.717) is 21.7 Å². The van der Waals surface area contributed by atoms with Crippen LogP contribution < -0.4 is 0 Å². The lowest BCUT2D eigenvalue weighted by Crippen LogP contribution is -2.19. The van der Waals surface area contributed by atoms with Crippen LogP contribution in [0.5, 0.6) is 0 Å². The van der Waals surface area contributed by atoms with Gasteiger partial charge in [0, 0.05) is 5.02 Å². The van der Waals surface area contributed by atoms with E-state index in [9.17, 15) is 14.7 Å². The van der Waals surface area contributed by atoms with Crippen molar-refractivity contribution in [3.8, 4) is 0 Å². The zero-order valence-electron chi connectivity index (χ0n) is 13.7. The summed E-state index contributed by atoms with van der Waals surface area (Å²) >= 11 is 5.85. The summed E-state index contributed by atoms with van der Waals surface area (Å²) in [6.45, 7) is 0. The number of benzene rings is 2. The van der Waals surface area contributed by atoms with Crippen molar-refractivity contribution in [1.82, 2.24) is 0 Å². The van der Waals surface area contributed by atoms with E-state index in [1.54, 1.807) is 48.5 Å². The van der Waals surface area contributed by atoms with E-state index < -0.39 is 24.3 Å². The highest BCUT2D eigenvalue weighted by Crippen LogP contribution is 2.32. The predicted molar refractivity (Wildman–Crippen MR) is 93.5 cm³/mol. The molecule has 26 heavy (non-hydrogen) atoms. The van der Waals surface area contributed by atoms with Crippen molar-refractivity contribution in [3.63, 3.8) is 0 Å². The molecule has 0 aromatic heterocycles. The molecule has 0 spiro atoms. The summed E-state index contributed by atoms with van der Waals surface area (Å²) < 4.78 is 14.9.